The summed E-state index contributed by atoms with van der Waals surface area (Å²) in [6.45, 7) is -0.465. The third kappa shape index (κ3) is 7.25. The van der Waals surface area contributed by atoms with Crippen LogP contribution in [0.3, 0.4) is 0 Å². The van der Waals surface area contributed by atoms with E-state index >= 15 is 0 Å². The fourth-order valence-corrected chi connectivity index (χ4v) is 1.12. The van der Waals surface area contributed by atoms with Gasteiger partial charge in [0.25, 0.3) is 0 Å². The van der Waals surface area contributed by atoms with E-state index in [-0.39, 0.29) is 0 Å². The minimum Gasteiger partial charge on any atom is -0.480 e. The molecule has 8 heteroatoms. The molecule has 0 aromatic heterocycles. The lowest BCUT2D eigenvalue weighted by atomic mass is 10.1. The summed E-state index contributed by atoms with van der Waals surface area (Å²) in [7, 11) is 0. The first kappa shape index (κ1) is 15.3. The highest BCUT2D eigenvalue weighted by atomic mass is 16.4. The number of nitrogens with two attached hydrogens (primary N) is 3. The number of hydrogen-bond donors (Lipinski definition) is 5. The van der Waals surface area contributed by atoms with Crippen molar-refractivity contribution in [3.63, 3.8) is 0 Å². The van der Waals surface area contributed by atoms with Gasteiger partial charge in [-0.1, -0.05) is 0 Å². The summed E-state index contributed by atoms with van der Waals surface area (Å²) in [4.78, 5) is 32.0. The molecular formula is C9H18N4O4. The Morgan fingerprint density at radius 3 is 2.12 bits per heavy atom. The first-order chi connectivity index (χ1) is 7.84. The molecule has 2 amide bonds. The maximum Gasteiger partial charge on any atom is 0.322 e. The summed E-state index contributed by atoms with van der Waals surface area (Å²) < 4.78 is 0. The van der Waals surface area contributed by atoms with Crippen LogP contribution in [0.15, 0.2) is 0 Å². The number of primary amides is 1. The largest absolute Gasteiger partial charge is 0.480 e. The topological polar surface area (TPSA) is 162 Å². The van der Waals surface area contributed by atoms with Crippen molar-refractivity contribution in [2.45, 2.75) is 31.3 Å². The van der Waals surface area contributed by atoms with Gasteiger partial charge in [0.2, 0.25) is 11.8 Å². The van der Waals surface area contributed by atoms with Crippen molar-refractivity contribution in [2.75, 3.05) is 6.54 Å². The number of hydrogen-bond acceptors (Lipinski definition) is 5. The third-order valence-corrected chi connectivity index (χ3v) is 2.15. The molecular weight excluding hydrogens is 228 g/mol. The molecule has 0 aromatic carbocycles. The van der Waals surface area contributed by atoms with Gasteiger partial charge < -0.3 is 27.6 Å². The Kier molecular flexibility index (Phi) is 6.83. The van der Waals surface area contributed by atoms with Gasteiger partial charge in [-0.05, 0) is 19.3 Å². The summed E-state index contributed by atoms with van der Waals surface area (Å²) in [5.41, 5.74) is 15.8. The molecule has 0 rings (SSSR count). The van der Waals surface area contributed by atoms with Crippen molar-refractivity contribution >= 4 is 17.8 Å². The number of aliphatic carboxylic acids is 1. The Balaban J connectivity index is 3.78. The fourth-order valence-electron chi connectivity index (χ4n) is 1.12. The molecule has 0 bridgehead atoms. The van der Waals surface area contributed by atoms with E-state index in [2.05, 4.69) is 5.32 Å². The molecule has 0 spiro atoms. The van der Waals surface area contributed by atoms with Crippen molar-refractivity contribution < 1.29 is 19.5 Å². The first-order valence-corrected chi connectivity index (χ1v) is 5.14. The number of carbonyl (C=O) groups is 3. The summed E-state index contributed by atoms with van der Waals surface area (Å²) >= 11 is 0. The maximum absolute atomic E-state index is 11.2. The van der Waals surface area contributed by atoms with E-state index in [1.54, 1.807) is 0 Å². The van der Waals surface area contributed by atoms with Gasteiger partial charge in [-0.25, -0.2) is 0 Å². The van der Waals surface area contributed by atoms with Crippen LogP contribution in [0.1, 0.15) is 19.3 Å². The van der Waals surface area contributed by atoms with Gasteiger partial charge in [-0.3, -0.25) is 14.4 Å². The van der Waals surface area contributed by atoms with Crippen molar-refractivity contribution in [1.29, 1.82) is 0 Å². The summed E-state index contributed by atoms with van der Waals surface area (Å²) in [6, 6.07) is -1.56. The van der Waals surface area contributed by atoms with Crippen LogP contribution in [0.2, 0.25) is 0 Å². The average Bonchev–Trinajstić information content (AvgIpc) is 2.25. The highest BCUT2D eigenvalue weighted by Crippen LogP contribution is 2.01. The zero-order valence-electron chi connectivity index (χ0n) is 9.39. The van der Waals surface area contributed by atoms with Crippen LogP contribution < -0.4 is 22.5 Å². The van der Waals surface area contributed by atoms with E-state index in [4.69, 9.17) is 22.3 Å². The van der Waals surface area contributed by atoms with Gasteiger partial charge in [0, 0.05) is 0 Å². The van der Waals surface area contributed by atoms with Crippen molar-refractivity contribution in [1.82, 2.24) is 5.32 Å². The monoisotopic (exact) mass is 246 g/mol. The van der Waals surface area contributed by atoms with Crippen molar-refractivity contribution in [3.8, 4) is 0 Å². The highest BCUT2D eigenvalue weighted by molar-refractivity contribution is 5.85. The Labute approximate surface area is 98.5 Å². The molecule has 0 radical (unpaired) electrons. The van der Waals surface area contributed by atoms with Crippen molar-refractivity contribution in [3.05, 3.63) is 0 Å². The highest BCUT2D eigenvalue weighted by Gasteiger charge is 2.15. The molecule has 0 aliphatic heterocycles. The minimum absolute atomic E-state index is 0.312. The van der Waals surface area contributed by atoms with Gasteiger partial charge in [0.15, 0.2) is 0 Å². The normalized spacial score (nSPS) is 13.8. The fraction of sp³-hybridized carbons (Fsp3) is 0.667. The van der Waals surface area contributed by atoms with Gasteiger partial charge in [0.1, 0.15) is 6.54 Å². The number of rotatable bonds is 8. The molecule has 98 valence electrons. The molecule has 0 aliphatic carbocycles. The van der Waals surface area contributed by atoms with Crippen LogP contribution in [0.4, 0.5) is 0 Å². The van der Waals surface area contributed by atoms with E-state index in [9.17, 15) is 14.4 Å². The molecule has 8 N–H and O–H groups in total. The third-order valence-electron chi connectivity index (χ3n) is 2.15. The predicted octanol–water partition coefficient (Wildman–Crippen LogP) is -2.50. The molecule has 2 atom stereocenters. The maximum atomic E-state index is 11.2. The van der Waals surface area contributed by atoms with Gasteiger partial charge in [0.05, 0.1) is 12.1 Å². The molecule has 0 saturated heterocycles. The van der Waals surface area contributed by atoms with Crippen LogP contribution >= 0.6 is 0 Å². The zero-order chi connectivity index (χ0) is 13.4. The lowest BCUT2D eigenvalue weighted by Gasteiger charge is -2.12. The van der Waals surface area contributed by atoms with E-state index in [0.29, 0.717) is 19.3 Å². The Hall–Kier alpha value is -1.67. The SMILES string of the molecule is NC(=O)C(N)CCCC(N)C(=O)NCC(=O)O. The minimum atomic E-state index is -1.14. The molecule has 8 nitrogen and oxygen atoms in total. The Morgan fingerprint density at radius 1 is 1.12 bits per heavy atom. The van der Waals surface area contributed by atoms with Crippen molar-refractivity contribution in [2.24, 2.45) is 17.2 Å². The lowest BCUT2D eigenvalue weighted by Crippen LogP contribution is -2.43. The number of carboxylic acid groups (broad SMARTS) is 1. The van der Waals surface area contributed by atoms with Gasteiger partial charge >= 0.3 is 5.97 Å². The Morgan fingerprint density at radius 2 is 1.65 bits per heavy atom. The van der Waals surface area contributed by atoms with Crippen LogP contribution in [0.25, 0.3) is 0 Å². The van der Waals surface area contributed by atoms with Gasteiger partial charge in [-0.2, -0.15) is 0 Å². The van der Waals surface area contributed by atoms with Gasteiger partial charge in [-0.15, -0.1) is 0 Å². The molecule has 2 unspecified atom stereocenters. The van der Waals surface area contributed by atoms with Crippen LogP contribution in [0.5, 0.6) is 0 Å². The average molecular weight is 246 g/mol. The van der Waals surface area contributed by atoms with E-state index in [1.165, 1.54) is 0 Å². The molecule has 0 aliphatic rings. The van der Waals surface area contributed by atoms with E-state index < -0.39 is 36.4 Å². The molecule has 0 saturated carbocycles. The molecule has 0 heterocycles. The standard InChI is InChI=1S/C9H18N4O4/c10-5(8(12)16)2-1-3-6(11)9(17)13-4-7(14)15/h5-6H,1-4,10-11H2,(H2,12,16)(H,13,17)(H,14,15). The molecule has 0 fully saturated rings. The summed E-state index contributed by atoms with van der Waals surface area (Å²) in [6.07, 6.45) is 1.12. The number of nitrogens with one attached hydrogen (secondary N) is 1. The second-order valence-electron chi connectivity index (χ2n) is 3.66. The summed E-state index contributed by atoms with van der Waals surface area (Å²) in [5.74, 6) is -2.28. The smallest absolute Gasteiger partial charge is 0.322 e. The van der Waals surface area contributed by atoms with Crippen LogP contribution in [-0.2, 0) is 14.4 Å². The Bertz CT molecular complexity index is 295. The van der Waals surface area contributed by atoms with E-state index in [1.807, 2.05) is 0 Å². The molecule has 17 heavy (non-hydrogen) atoms. The number of amides is 2. The second-order valence-corrected chi connectivity index (χ2v) is 3.66. The zero-order valence-corrected chi connectivity index (χ0v) is 9.39. The first-order valence-electron chi connectivity index (χ1n) is 5.14. The van der Waals surface area contributed by atoms with Crippen LogP contribution in [0, 0.1) is 0 Å². The summed E-state index contributed by atoms with van der Waals surface area (Å²) in [5, 5.41) is 10.5. The second kappa shape index (κ2) is 7.58. The number of carbonyl (C=O) groups excluding carboxylic acids is 2. The number of carboxylic acids is 1. The quantitative estimate of drug-likeness (QED) is 0.318. The molecule has 0 aromatic rings. The lowest BCUT2D eigenvalue weighted by molar-refractivity contribution is -0.138. The van der Waals surface area contributed by atoms with Crippen LogP contribution in [-0.4, -0.2) is 41.5 Å². The predicted molar refractivity (Wildman–Crippen MR) is 59.6 cm³/mol. The van der Waals surface area contributed by atoms with E-state index in [0.717, 1.165) is 0 Å².